The van der Waals surface area contributed by atoms with Crippen molar-refractivity contribution in [1.29, 1.82) is 0 Å². The van der Waals surface area contributed by atoms with E-state index in [-0.39, 0.29) is 23.1 Å². The van der Waals surface area contributed by atoms with Crippen molar-refractivity contribution in [2.24, 2.45) is 0 Å². The molecule has 0 aliphatic heterocycles. The summed E-state index contributed by atoms with van der Waals surface area (Å²) in [4.78, 5) is 11.7. The molecule has 3 heteroatoms. The van der Waals surface area contributed by atoms with Crippen molar-refractivity contribution in [2.45, 2.75) is 46.0 Å². The van der Waals surface area contributed by atoms with Crippen LogP contribution in [0.4, 0.5) is 0 Å². The van der Waals surface area contributed by atoms with Crippen molar-refractivity contribution >= 4 is 5.97 Å². The first-order valence-corrected chi connectivity index (χ1v) is 6.27. The summed E-state index contributed by atoms with van der Waals surface area (Å²) in [6.07, 6.45) is 0. The second-order valence-electron chi connectivity index (χ2n) is 5.50. The average Bonchev–Trinajstić information content (AvgIpc) is 2.27. The number of phenolic OH excluding ortho intramolecular Hbond substituents is 1. The van der Waals surface area contributed by atoms with Gasteiger partial charge in [-0.05, 0) is 36.5 Å². The summed E-state index contributed by atoms with van der Waals surface area (Å²) < 4.78 is 5.01. The molecule has 0 amide bonds. The summed E-state index contributed by atoms with van der Waals surface area (Å²) in [6.45, 7) is 10.1. The van der Waals surface area contributed by atoms with Crippen molar-refractivity contribution in [3.05, 3.63) is 29.3 Å². The first kappa shape index (κ1) is 14.6. The molecule has 0 aliphatic rings. The number of esters is 1. The van der Waals surface area contributed by atoms with Crippen LogP contribution in [0.3, 0.4) is 0 Å². The number of phenols is 1. The maximum atomic E-state index is 11.7. The number of carbonyl (C=O) groups is 1. The Labute approximate surface area is 109 Å². The van der Waals surface area contributed by atoms with Gasteiger partial charge in [0.2, 0.25) is 0 Å². The molecule has 18 heavy (non-hydrogen) atoms. The van der Waals surface area contributed by atoms with Crippen molar-refractivity contribution in [1.82, 2.24) is 0 Å². The molecule has 1 aromatic rings. The van der Waals surface area contributed by atoms with Gasteiger partial charge in [-0.1, -0.05) is 32.9 Å². The lowest BCUT2D eigenvalue weighted by Crippen LogP contribution is -2.16. The van der Waals surface area contributed by atoms with E-state index in [1.165, 1.54) is 0 Å². The molecule has 0 bridgehead atoms. The van der Waals surface area contributed by atoms with Crippen LogP contribution in [0.15, 0.2) is 18.2 Å². The quantitative estimate of drug-likeness (QED) is 0.837. The maximum absolute atomic E-state index is 11.7. The molecule has 1 atom stereocenters. The molecule has 0 heterocycles. The zero-order chi connectivity index (χ0) is 13.9. The lowest BCUT2D eigenvalue weighted by molar-refractivity contribution is -0.144. The van der Waals surface area contributed by atoms with E-state index in [0.29, 0.717) is 6.61 Å². The van der Waals surface area contributed by atoms with E-state index in [9.17, 15) is 9.90 Å². The molecule has 0 aromatic heterocycles. The predicted octanol–water partition coefficient (Wildman–Crippen LogP) is 3.36. The van der Waals surface area contributed by atoms with E-state index in [2.05, 4.69) is 0 Å². The van der Waals surface area contributed by atoms with Gasteiger partial charge in [-0.3, -0.25) is 4.79 Å². The van der Waals surface area contributed by atoms with E-state index in [1.807, 2.05) is 33.8 Å². The van der Waals surface area contributed by atoms with Crippen LogP contribution >= 0.6 is 0 Å². The molecule has 0 saturated heterocycles. The highest BCUT2D eigenvalue weighted by Gasteiger charge is 2.22. The Hall–Kier alpha value is -1.51. The molecule has 3 nitrogen and oxygen atoms in total. The third kappa shape index (κ3) is 3.25. The van der Waals surface area contributed by atoms with Gasteiger partial charge in [-0.15, -0.1) is 0 Å². The van der Waals surface area contributed by atoms with Gasteiger partial charge in [0, 0.05) is 0 Å². The normalized spacial score (nSPS) is 13.2. The smallest absolute Gasteiger partial charge is 0.313 e. The van der Waals surface area contributed by atoms with Crippen molar-refractivity contribution in [3.8, 4) is 5.75 Å². The Morgan fingerprint density at radius 1 is 1.39 bits per heavy atom. The summed E-state index contributed by atoms with van der Waals surface area (Å²) in [5, 5.41) is 9.88. The average molecular weight is 250 g/mol. The van der Waals surface area contributed by atoms with Gasteiger partial charge in [-0.2, -0.15) is 0 Å². The largest absolute Gasteiger partial charge is 0.508 e. The first-order valence-electron chi connectivity index (χ1n) is 6.27. The van der Waals surface area contributed by atoms with Gasteiger partial charge in [-0.25, -0.2) is 0 Å². The molecule has 0 radical (unpaired) electrons. The summed E-state index contributed by atoms with van der Waals surface area (Å²) in [7, 11) is 0. The number of rotatable bonds is 3. The number of carbonyl (C=O) groups excluding carboxylic acids is 1. The Balaban J connectivity index is 3.09. The lowest BCUT2D eigenvalue weighted by atomic mass is 9.84. The minimum absolute atomic E-state index is 0.158. The van der Waals surface area contributed by atoms with Crippen LogP contribution in [-0.4, -0.2) is 17.7 Å². The zero-order valence-corrected chi connectivity index (χ0v) is 11.8. The van der Waals surface area contributed by atoms with Gasteiger partial charge in [0.25, 0.3) is 0 Å². The van der Waals surface area contributed by atoms with E-state index >= 15 is 0 Å². The van der Waals surface area contributed by atoms with E-state index < -0.39 is 0 Å². The molecule has 0 saturated carbocycles. The van der Waals surface area contributed by atoms with Crippen molar-refractivity contribution in [2.75, 3.05) is 6.61 Å². The molecule has 1 unspecified atom stereocenters. The SMILES string of the molecule is CCOC(=O)C(C)c1ccc(O)c(C(C)(C)C)c1. The Kier molecular flexibility index (Phi) is 4.38. The predicted molar refractivity (Wildman–Crippen MR) is 71.9 cm³/mol. The fourth-order valence-corrected chi connectivity index (χ4v) is 1.83. The topological polar surface area (TPSA) is 46.5 Å². The number of ether oxygens (including phenoxy) is 1. The van der Waals surface area contributed by atoms with Gasteiger partial charge in [0.15, 0.2) is 0 Å². The standard InChI is InChI=1S/C15H22O3/c1-6-18-14(17)10(2)11-7-8-13(16)12(9-11)15(3,4)5/h7-10,16H,6H2,1-5H3. The third-order valence-corrected chi connectivity index (χ3v) is 2.97. The molecule has 1 N–H and O–H groups in total. The molecule has 0 aliphatic carbocycles. The van der Waals surface area contributed by atoms with E-state index in [4.69, 9.17) is 4.74 Å². The Morgan fingerprint density at radius 3 is 2.50 bits per heavy atom. The number of hydrogen-bond acceptors (Lipinski definition) is 3. The molecule has 100 valence electrons. The molecule has 1 aromatic carbocycles. The minimum Gasteiger partial charge on any atom is -0.508 e. The summed E-state index contributed by atoms with van der Waals surface area (Å²) in [5.41, 5.74) is 1.56. The van der Waals surface area contributed by atoms with Crippen molar-refractivity contribution < 1.29 is 14.6 Å². The second-order valence-corrected chi connectivity index (χ2v) is 5.50. The number of benzene rings is 1. The molecular formula is C15H22O3. The van der Waals surface area contributed by atoms with Gasteiger partial charge >= 0.3 is 5.97 Å². The van der Waals surface area contributed by atoms with Crippen LogP contribution in [-0.2, 0) is 14.9 Å². The zero-order valence-electron chi connectivity index (χ0n) is 11.8. The summed E-state index contributed by atoms with van der Waals surface area (Å²) in [5.74, 6) is -0.281. The fraction of sp³-hybridized carbons (Fsp3) is 0.533. The third-order valence-electron chi connectivity index (χ3n) is 2.97. The van der Waals surface area contributed by atoms with E-state index in [1.54, 1.807) is 19.1 Å². The Bertz CT molecular complexity index is 430. The highest BCUT2D eigenvalue weighted by atomic mass is 16.5. The van der Waals surface area contributed by atoms with Gasteiger partial charge in [0.1, 0.15) is 5.75 Å². The fourth-order valence-electron chi connectivity index (χ4n) is 1.83. The Morgan fingerprint density at radius 2 is 2.00 bits per heavy atom. The summed E-state index contributed by atoms with van der Waals surface area (Å²) in [6, 6.07) is 5.30. The maximum Gasteiger partial charge on any atom is 0.313 e. The van der Waals surface area contributed by atoms with Crippen molar-refractivity contribution in [3.63, 3.8) is 0 Å². The van der Waals surface area contributed by atoms with Gasteiger partial charge < -0.3 is 9.84 Å². The van der Waals surface area contributed by atoms with Gasteiger partial charge in [0.05, 0.1) is 12.5 Å². The van der Waals surface area contributed by atoms with Crippen LogP contribution in [0.1, 0.15) is 51.7 Å². The molecular weight excluding hydrogens is 228 g/mol. The lowest BCUT2D eigenvalue weighted by Gasteiger charge is -2.22. The number of aromatic hydroxyl groups is 1. The number of hydrogen-bond donors (Lipinski definition) is 1. The van der Waals surface area contributed by atoms with Crippen LogP contribution < -0.4 is 0 Å². The molecule has 0 spiro atoms. The van der Waals surface area contributed by atoms with Crippen LogP contribution in [0.25, 0.3) is 0 Å². The highest BCUT2D eigenvalue weighted by molar-refractivity contribution is 5.77. The molecule has 1 rings (SSSR count). The second kappa shape index (κ2) is 5.42. The van der Waals surface area contributed by atoms with E-state index in [0.717, 1.165) is 11.1 Å². The van der Waals surface area contributed by atoms with Crippen LogP contribution in [0.5, 0.6) is 5.75 Å². The monoisotopic (exact) mass is 250 g/mol. The minimum atomic E-state index is -0.313. The van der Waals surface area contributed by atoms with Crippen LogP contribution in [0, 0.1) is 0 Å². The van der Waals surface area contributed by atoms with Crippen LogP contribution in [0.2, 0.25) is 0 Å². The molecule has 0 fully saturated rings. The first-order chi connectivity index (χ1) is 8.27. The summed E-state index contributed by atoms with van der Waals surface area (Å²) >= 11 is 0. The highest BCUT2D eigenvalue weighted by Crippen LogP contribution is 2.33.